The lowest BCUT2D eigenvalue weighted by atomic mass is 10.2. The first kappa shape index (κ1) is 20.1. The standard InChI is InChI=1S/C18H19ClN2O6S/c1-25-12-5-6-13(16(9-12)26-2)20-18(22)17-10-21(28(3,23)24)14-8-11(19)4-7-15(14)27-17/h4-9,17H,10H2,1-3H3,(H,20,22)/t17-/m1/s1. The van der Waals surface area contributed by atoms with Gasteiger partial charge in [0.2, 0.25) is 10.0 Å². The Bertz CT molecular complexity index is 1010. The Balaban J connectivity index is 1.88. The number of halogens is 1. The summed E-state index contributed by atoms with van der Waals surface area (Å²) in [5, 5.41) is 3.07. The number of benzene rings is 2. The van der Waals surface area contributed by atoms with Crippen LogP contribution in [0.2, 0.25) is 5.02 Å². The molecule has 10 heteroatoms. The third kappa shape index (κ3) is 4.10. The lowest BCUT2D eigenvalue weighted by Crippen LogP contribution is -2.48. The molecule has 1 atom stereocenters. The van der Waals surface area contributed by atoms with E-state index in [0.717, 1.165) is 10.6 Å². The van der Waals surface area contributed by atoms with Gasteiger partial charge in [-0.15, -0.1) is 0 Å². The average molecular weight is 427 g/mol. The molecule has 0 unspecified atom stereocenters. The second-order valence-corrected chi connectivity index (χ2v) is 8.41. The summed E-state index contributed by atoms with van der Waals surface area (Å²) in [5.41, 5.74) is 0.700. The normalized spacial score (nSPS) is 16.0. The van der Waals surface area contributed by atoms with E-state index in [9.17, 15) is 13.2 Å². The number of fused-ring (bicyclic) bond motifs is 1. The second kappa shape index (κ2) is 7.76. The van der Waals surface area contributed by atoms with Crippen molar-refractivity contribution in [2.75, 3.05) is 36.6 Å². The van der Waals surface area contributed by atoms with Crippen molar-refractivity contribution < 1.29 is 27.4 Å². The van der Waals surface area contributed by atoms with Gasteiger partial charge >= 0.3 is 0 Å². The number of nitrogens with one attached hydrogen (secondary N) is 1. The molecule has 1 aliphatic rings. The quantitative estimate of drug-likeness (QED) is 0.789. The monoisotopic (exact) mass is 426 g/mol. The van der Waals surface area contributed by atoms with Crippen LogP contribution in [0.15, 0.2) is 36.4 Å². The number of hydrogen-bond acceptors (Lipinski definition) is 6. The largest absolute Gasteiger partial charge is 0.497 e. The molecular formula is C18H19ClN2O6S. The molecule has 0 aromatic heterocycles. The third-order valence-electron chi connectivity index (χ3n) is 4.15. The SMILES string of the molecule is COc1ccc(NC(=O)[C@H]2CN(S(C)(=O)=O)c3cc(Cl)ccc3O2)c(OC)c1. The van der Waals surface area contributed by atoms with Crippen molar-refractivity contribution in [1.29, 1.82) is 0 Å². The van der Waals surface area contributed by atoms with Gasteiger partial charge in [0.25, 0.3) is 5.91 Å². The van der Waals surface area contributed by atoms with Crippen molar-refractivity contribution in [2.24, 2.45) is 0 Å². The minimum Gasteiger partial charge on any atom is -0.497 e. The van der Waals surface area contributed by atoms with Crippen molar-refractivity contribution in [3.63, 3.8) is 0 Å². The van der Waals surface area contributed by atoms with Crippen molar-refractivity contribution in [1.82, 2.24) is 0 Å². The Morgan fingerprint density at radius 2 is 1.96 bits per heavy atom. The molecule has 3 rings (SSSR count). The maximum absolute atomic E-state index is 12.8. The minimum atomic E-state index is -3.64. The first-order chi connectivity index (χ1) is 13.2. The molecule has 0 saturated carbocycles. The maximum Gasteiger partial charge on any atom is 0.267 e. The maximum atomic E-state index is 12.8. The summed E-state index contributed by atoms with van der Waals surface area (Å²) in [6, 6.07) is 9.49. The number of carbonyl (C=O) groups excluding carboxylic acids is 1. The Hall–Kier alpha value is -2.65. The van der Waals surface area contributed by atoms with Crippen LogP contribution in [0.25, 0.3) is 0 Å². The van der Waals surface area contributed by atoms with Crippen molar-refractivity contribution >= 4 is 38.9 Å². The Morgan fingerprint density at radius 3 is 2.61 bits per heavy atom. The van der Waals surface area contributed by atoms with Gasteiger partial charge in [-0.3, -0.25) is 9.10 Å². The number of carbonyl (C=O) groups is 1. The lowest BCUT2D eigenvalue weighted by molar-refractivity contribution is -0.122. The molecule has 0 aliphatic carbocycles. The van der Waals surface area contributed by atoms with Crippen LogP contribution in [-0.4, -0.2) is 47.4 Å². The smallest absolute Gasteiger partial charge is 0.267 e. The average Bonchev–Trinajstić information content (AvgIpc) is 2.66. The molecule has 0 fully saturated rings. The molecule has 8 nitrogen and oxygen atoms in total. The van der Waals surface area contributed by atoms with Gasteiger partial charge in [-0.2, -0.15) is 0 Å². The predicted octanol–water partition coefficient (Wildman–Crippen LogP) is 2.52. The molecule has 0 saturated heterocycles. The van der Waals surface area contributed by atoms with Gasteiger partial charge in [0.05, 0.1) is 38.4 Å². The summed E-state index contributed by atoms with van der Waals surface area (Å²) in [6.45, 7) is -0.184. The molecule has 28 heavy (non-hydrogen) atoms. The fraction of sp³-hybridized carbons (Fsp3) is 0.278. The number of anilines is 2. The molecule has 150 valence electrons. The molecule has 1 heterocycles. The molecule has 1 aliphatic heterocycles. The van der Waals surface area contributed by atoms with E-state index in [1.54, 1.807) is 24.3 Å². The molecule has 1 amide bonds. The van der Waals surface area contributed by atoms with E-state index in [-0.39, 0.29) is 12.3 Å². The summed E-state index contributed by atoms with van der Waals surface area (Å²) < 4.78 is 41.7. The zero-order valence-electron chi connectivity index (χ0n) is 15.4. The van der Waals surface area contributed by atoms with Gasteiger partial charge in [0, 0.05) is 11.1 Å². The third-order valence-corrected chi connectivity index (χ3v) is 5.53. The Morgan fingerprint density at radius 1 is 1.21 bits per heavy atom. The van der Waals surface area contributed by atoms with Crippen molar-refractivity contribution in [3.8, 4) is 17.2 Å². The van der Waals surface area contributed by atoms with Gasteiger partial charge < -0.3 is 19.5 Å². The van der Waals surface area contributed by atoms with E-state index < -0.39 is 22.0 Å². The van der Waals surface area contributed by atoms with E-state index in [2.05, 4.69) is 5.32 Å². The van der Waals surface area contributed by atoms with Crippen LogP contribution < -0.4 is 23.8 Å². The number of rotatable bonds is 5. The Kier molecular flexibility index (Phi) is 5.57. The molecule has 0 bridgehead atoms. The zero-order valence-corrected chi connectivity index (χ0v) is 17.0. The fourth-order valence-corrected chi connectivity index (χ4v) is 3.86. The van der Waals surface area contributed by atoms with Gasteiger partial charge in [0.15, 0.2) is 6.10 Å². The molecule has 2 aromatic carbocycles. The van der Waals surface area contributed by atoms with Crippen LogP contribution in [0.5, 0.6) is 17.2 Å². The minimum absolute atomic E-state index is 0.184. The van der Waals surface area contributed by atoms with Crippen LogP contribution >= 0.6 is 11.6 Å². The van der Waals surface area contributed by atoms with Crippen LogP contribution in [-0.2, 0) is 14.8 Å². The molecule has 2 aromatic rings. The highest BCUT2D eigenvalue weighted by molar-refractivity contribution is 7.92. The number of hydrogen-bond donors (Lipinski definition) is 1. The van der Waals surface area contributed by atoms with Gasteiger partial charge in [-0.1, -0.05) is 11.6 Å². The van der Waals surface area contributed by atoms with E-state index >= 15 is 0 Å². The van der Waals surface area contributed by atoms with Crippen LogP contribution in [0, 0.1) is 0 Å². The summed E-state index contributed by atoms with van der Waals surface area (Å²) in [5.74, 6) is 0.703. The molecule has 0 radical (unpaired) electrons. The second-order valence-electron chi connectivity index (χ2n) is 6.07. The zero-order chi connectivity index (χ0) is 20.5. The summed E-state index contributed by atoms with van der Waals surface area (Å²) in [4.78, 5) is 12.8. The van der Waals surface area contributed by atoms with Gasteiger partial charge in [-0.25, -0.2) is 8.42 Å². The van der Waals surface area contributed by atoms with Crippen LogP contribution in [0.3, 0.4) is 0 Å². The van der Waals surface area contributed by atoms with E-state index in [4.69, 9.17) is 25.8 Å². The highest BCUT2D eigenvalue weighted by Crippen LogP contribution is 2.37. The number of nitrogens with zero attached hydrogens (tertiary/aromatic N) is 1. The van der Waals surface area contributed by atoms with E-state index in [1.165, 1.54) is 26.4 Å². The van der Waals surface area contributed by atoms with Gasteiger partial charge in [-0.05, 0) is 30.3 Å². The fourth-order valence-electron chi connectivity index (χ4n) is 2.79. The first-order valence-electron chi connectivity index (χ1n) is 8.19. The summed E-state index contributed by atoms with van der Waals surface area (Å²) in [6.07, 6.45) is -0.00000199. The molecule has 1 N–H and O–H groups in total. The number of sulfonamides is 1. The lowest BCUT2D eigenvalue weighted by Gasteiger charge is -2.34. The highest BCUT2D eigenvalue weighted by atomic mass is 35.5. The summed E-state index contributed by atoms with van der Waals surface area (Å²) in [7, 11) is -0.658. The highest BCUT2D eigenvalue weighted by Gasteiger charge is 2.35. The number of methoxy groups -OCH3 is 2. The van der Waals surface area contributed by atoms with E-state index in [1.807, 2.05) is 0 Å². The number of amides is 1. The number of ether oxygens (including phenoxy) is 3. The molecule has 0 spiro atoms. The topological polar surface area (TPSA) is 94.2 Å². The van der Waals surface area contributed by atoms with Gasteiger partial charge in [0.1, 0.15) is 17.2 Å². The van der Waals surface area contributed by atoms with Crippen LogP contribution in [0.1, 0.15) is 0 Å². The predicted molar refractivity (Wildman–Crippen MR) is 106 cm³/mol. The van der Waals surface area contributed by atoms with Crippen LogP contribution in [0.4, 0.5) is 11.4 Å². The van der Waals surface area contributed by atoms with Crippen molar-refractivity contribution in [2.45, 2.75) is 6.10 Å². The van der Waals surface area contributed by atoms with E-state index in [0.29, 0.717) is 27.9 Å². The first-order valence-corrected chi connectivity index (χ1v) is 10.4. The van der Waals surface area contributed by atoms with Crippen molar-refractivity contribution in [3.05, 3.63) is 41.4 Å². The summed E-state index contributed by atoms with van der Waals surface area (Å²) >= 11 is 5.98. The Labute approximate surface area is 168 Å². The molecular weight excluding hydrogens is 408 g/mol.